The van der Waals surface area contributed by atoms with Gasteiger partial charge in [0.15, 0.2) is 0 Å². The SMILES string of the molecule is CC(=O)NC(Cc1ccc(I)cc1)C(=O)OCc1ccccc1. The molecule has 4 nitrogen and oxygen atoms in total. The molecule has 0 spiro atoms. The van der Waals surface area contributed by atoms with E-state index in [2.05, 4.69) is 27.9 Å². The number of esters is 1. The lowest BCUT2D eigenvalue weighted by Gasteiger charge is -2.17. The second kappa shape index (κ2) is 8.67. The number of carbonyl (C=O) groups is 2. The first-order chi connectivity index (χ1) is 11.0. The van der Waals surface area contributed by atoms with Gasteiger partial charge in [-0.25, -0.2) is 4.79 Å². The Kier molecular flexibility index (Phi) is 6.58. The zero-order chi connectivity index (χ0) is 16.7. The molecule has 23 heavy (non-hydrogen) atoms. The number of carbonyl (C=O) groups excluding carboxylic acids is 2. The number of hydrogen-bond donors (Lipinski definition) is 1. The average Bonchev–Trinajstić information content (AvgIpc) is 2.54. The first kappa shape index (κ1) is 17.5. The van der Waals surface area contributed by atoms with E-state index in [-0.39, 0.29) is 12.5 Å². The van der Waals surface area contributed by atoms with Crippen molar-refractivity contribution in [3.8, 4) is 0 Å². The summed E-state index contributed by atoms with van der Waals surface area (Å²) in [5.41, 5.74) is 1.89. The van der Waals surface area contributed by atoms with E-state index in [9.17, 15) is 9.59 Å². The zero-order valence-corrected chi connectivity index (χ0v) is 14.9. The molecule has 0 aromatic heterocycles. The molecular formula is C18H18INO3. The van der Waals surface area contributed by atoms with Gasteiger partial charge in [0.05, 0.1) is 0 Å². The fourth-order valence-electron chi connectivity index (χ4n) is 2.12. The van der Waals surface area contributed by atoms with Gasteiger partial charge in [0.25, 0.3) is 0 Å². The van der Waals surface area contributed by atoms with Crippen molar-refractivity contribution in [1.82, 2.24) is 5.32 Å². The number of hydrogen-bond acceptors (Lipinski definition) is 3. The molecule has 0 saturated carbocycles. The van der Waals surface area contributed by atoms with Gasteiger partial charge in [0.1, 0.15) is 12.6 Å². The second-order valence-corrected chi connectivity index (χ2v) is 6.42. The minimum Gasteiger partial charge on any atom is -0.459 e. The largest absolute Gasteiger partial charge is 0.459 e. The number of halogens is 1. The quantitative estimate of drug-likeness (QED) is 0.574. The van der Waals surface area contributed by atoms with Gasteiger partial charge in [-0.1, -0.05) is 42.5 Å². The molecule has 2 aromatic rings. The maximum absolute atomic E-state index is 12.3. The van der Waals surface area contributed by atoms with E-state index in [0.717, 1.165) is 14.7 Å². The Bertz CT molecular complexity index is 656. The van der Waals surface area contributed by atoms with Crippen molar-refractivity contribution in [3.63, 3.8) is 0 Å². The summed E-state index contributed by atoms with van der Waals surface area (Å²) in [6.07, 6.45) is 0.407. The first-order valence-corrected chi connectivity index (χ1v) is 8.34. The summed E-state index contributed by atoms with van der Waals surface area (Å²) in [5.74, 6) is -0.681. The molecule has 0 aliphatic rings. The molecule has 2 rings (SSSR count). The van der Waals surface area contributed by atoms with Gasteiger partial charge in [-0.2, -0.15) is 0 Å². The summed E-state index contributed by atoms with van der Waals surface area (Å²) in [4.78, 5) is 23.6. The van der Waals surface area contributed by atoms with Crippen LogP contribution in [-0.2, 0) is 27.4 Å². The molecule has 0 fully saturated rings. The van der Waals surface area contributed by atoms with Crippen LogP contribution in [0.4, 0.5) is 0 Å². The molecule has 0 aliphatic carbocycles. The highest BCUT2D eigenvalue weighted by Crippen LogP contribution is 2.10. The third-order valence-corrected chi connectivity index (χ3v) is 3.96. The van der Waals surface area contributed by atoms with Crippen molar-refractivity contribution in [1.29, 1.82) is 0 Å². The summed E-state index contributed by atoms with van der Waals surface area (Å²) in [5, 5.41) is 2.66. The van der Waals surface area contributed by atoms with Crippen molar-refractivity contribution in [3.05, 3.63) is 69.3 Å². The minimum atomic E-state index is -0.684. The summed E-state index contributed by atoms with van der Waals surface area (Å²) >= 11 is 2.22. The third kappa shape index (κ3) is 6.02. The van der Waals surface area contributed by atoms with Gasteiger partial charge in [-0.3, -0.25) is 4.79 Å². The van der Waals surface area contributed by atoms with Crippen LogP contribution in [0.25, 0.3) is 0 Å². The monoisotopic (exact) mass is 423 g/mol. The fraction of sp³-hybridized carbons (Fsp3) is 0.222. The minimum absolute atomic E-state index is 0.197. The summed E-state index contributed by atoms with van der Waals surface area (Å²) in [6.45, 7) is 1.59. The smallest absolute Gasteiger partial charge is 0.329 e. The second-order valence-electron chi connectivity index (χ2n) is 5.18. The van der Waals surface area contributed by atoms with Crippen molar-refractivity contribution in [2.45, 2.75) is 26.0 Å². The Morgan fingerprint density at radius 1 is 1.04 bits per heavy atom. The van der Waals surface area contributed by atoms with Crippen LogP contribution in [0.15, 0.2) is 54.6 Å². The predicted octanol–water partition coefficient (Wildman–Crippen LogP) is 3.08. The topological polar surface area (TPSA) is 55.4 Å². The summed E-state index contributed by atoms with van der Waals surface area (Å²) in [7, 11) is 0. The Hall–Kier alpha value is -1.89. The maximum atomic E-state index is 12.3. The van der Waals surface area contributed by atoms with E-state index in [4.69, 9.17) is 4.74 Å². The lowest BCUT2D eigenvalue weighted by molar-refractivity contribution is -0.149. The molecule has 2 aromatic carbocycles. The Morgan fingerprint density at radius 3 is 2.30 bits per heavy atom. The lowest BCUT2D eigenvalue weighted by Crippen LogP contribution is -2.42. The van der Waals surface area contributed by atoms with Crippen molar-refractivity contribution in [2.75, 3.05) is 0 Å². The summed E-state index contributed by atoms with van der Waals surface area (Å²) in [6, 6.07) is 16.6. The van der Waals surface area contributed by atoms with Crippen LogP contribution in [0.2, 0.25) is 0 Å². The van der Waals surface area contributed by atoms with E-state index in [1.807, 2.05) is 54.6 Å². The molecule has 1 N–H and O–H groups in total. The summed E-state index contributed by atoms with van der Waals surface area (Å²) < 4.78 is 6.45. The standard InChI is InChI=1S/C18H18INO3/c1-13(21)20-17(11-14-7-9-16(19)10-8-14)18(22)23-12-15-5-3-2-4-6-15/h2-10,17H,11-12H2,1H3,(H,20,21). The Morgan fingerprint density at radius 2 is 1.70 bits per heavy atom. The van der Waals surface area contributed by atoms with Crippen molar-refractivity contribution in [2.24, 2.45) is 0 Å². The van der Waals surface area contributed by atoms with Crippen LogP contribution in [-0.4, -0.2) is 17.9 Å². The van der Waals surface area contributed by atoms with Crippen LogP contribution >= 0.6 is 22.6 Å². The highest BCUT2D eigenvalue weighted by molar-refractivity contribution is 14.1. The van der Waals surface area contributed by atoms with E-state index >= 15 is 0 Å². The van der Waals surface area contributed by atoms with Crippen molar-refractivity contribution < 1.29 is 14.3 Å². The maximum Gasteiger partial charge on any atom is 0.329 e. The Balaban J connectivity index is 2.00. The van der Waals surface area contributed by atoms with Crippen molar-refractivity contribution >= 4 is 34.5 Å². The molecule has 1 unspecified atom stereocenters. The first-order valence-electron chi connectivity index (χ1n) is 7.26. The van der Waals surface area contributed by atoms with Gasteiger partial charge in [0, 0.05) is 16.9 Å². The van der Waals surface area contributed by atoms with Gasteiger partial charge < -0.3 is 10.1 Å². The highest BCUT2D eigenvalue weighted by atomic mass is 127. The zero-order valence-electron chi connectivity index (χ0n) is 12.8. The molecule has 0 radical (unpaired) electrons. The number of benzene rings is 2. The molecule has 0 bridgehead atoms. The number of nitrogens with one attached hydrogen (secondary N) is 1. The molecule has 120 valence electrons. The van der Waals surface area contributed by atoms with Crippen LogP contribution in [0, 0.1) is 3.57 Å². The van der Waals surface area contributed by atoms with E-state index in [1.165, 1.54) is 6.92 Å². The number of rotatable bonds is 6. The normalized spacial score (nSPS) is 11.6. The van der Waals surface area contributed by atoms with Crippen LogP contribution in [0.3, 0.4) is 0 Å². The van der Waals surface area contributed by atoms with Crippen LogP contribution in [0.1, 0.15) is 18.1 Å². The van der Waals surface area contributed by atoms with E-state index in [0.29, 0.717) is 6.42 Å². The van der Waals surface area contributed by atoms with Gasteiger partial charge >= 0.3 is 5.97 Å². The van der Waals surface area contributed by atoms with Crippen LogP contribution < -0.4 is 5.32 Å². The molecular weight excluding hydrogens is 405 g/mol. The lowest BCUT2D eigenvalue weighted by atomic mass is 10.1. The molecule has 1 atom stereocenters. The van der Waals surface area contributed by atoms with Gasteiger partial charge in [-0.05, 0) is 45.9 Å². The van der Waals surface area contributed by atoms with Gasteiger partial charge in [-0.15, -0.1) is 0 Å². The number of amides is 1. The van der Waals surface area contributed by atoms with E-state index in [1.54, 1.807) is 0 Å². The molecule has 0 heterocycles. The number of ether oxygens (including phenoxy) is 1. The molecule has 1 amide bonds. The van der Waals surface area contributed by atoms with E-state index < -0.39 is 12.0 Å². The third-order valence-electron chi connectivity index (χ3n) is 3.24. The van der Waals surface area contributed by atoms with Crippen LogP contribution in [0.5, 0.6) is 0 Å². The predicted molar refractivity (Wildman–Crippen MR) is 96.7 cm³/mol. The van der Waals surface area contributed by atoms with Gasteiger partial charge in [0.2, 0.25) is 5.91 Å². The molecule has 0 aliphatic heterocycles. The highest BCUT2D eigenvalue weighted by Gasteiger charge is 2.21. The fourth-order valence-corrected chi connectivity index (χ4v) is 2.48. The Labute approximate surface area is 149 Å². The molecule has 0 saturated heterocycles. The average molecular weight is 423 g/mol. The molecule has 5 heteroatoms.